The third kappa shape index (κ3) is 2.59. The van der Waals surface area contributed by atoms with Crippen LogP contribution in [0.3, 0.4) is 0 Å². The van der Waals surface area contributed by atoms with Crippen molar-refractivity contribution in [2.75, 3.05) is 32.8 Å². The molecule has 1 N–H and O–H groups in total. The fraction of sp³-hybridized carbons (Fsp3) is 0.588. The van der Waals surface area contributed by atoms with Crippen LogP contribution >= 0.6 is 0 Å². The number of aromatic nitrogens is 2. The largest absolute Gasteiger partial charge is 0.381 e. The summed E-state index contributed by atoms with van der Waals surface area (Å²) in [6.07, 6.45) is 3.30. The van der Waals surface area contributed by atoms with Crippen LogP contribution in [0.25, 0.3) is 11.0 Å². The number of rotatable bonds is 3. The zero-order chi connectivity index (χ0) is 14.9. The van der Waals surface area contributed by atoms with Crippen molar-refractivity contribution < 1.29 is 4.74 Å². The van der Waals surface area contributed by atoms with E-state index in [9.17, 15) is 4.79 Å². The number of fused-ring (bicyclic) bond motifs is 1. The molecular formula is C17H23N3O2. The second kappa shape index (κ2) is 5.89. The third-order valence-corrected chi connectivity index (χ3v) is 5.09. The first-order chi connectivity index (χ1) is 10.8. The number of imidazole rings is 1. The molecule has 1 aromatic carbocycles. The number of para-hydroxylation sites is 2. The average molecular weight is 301 g/mol. The number of hydrogen-bond donors (Lipinski definition) is 1. The highest BCUT2D eigenvalue weighted by atomic mass is 16.5. The molecule has 2 saturated heterocycles. The molecule has 5 heteroatoms. The van der Waals surface area contributed by atoms with E-state index in [0.717, 1.165) is 56.7 Å². The second-order valence-corrected chi connectivity index (χ2v) is 6.58. The normalized spacial score (nSPS) is 24.3. The number of ether oxygens (including phenoxy) is 1. The van der Waals surface area contributed by atoms with Crippen LogP contribution in [0.5, 0.6) is 0 Å². The van der Waals surface area contributed by atoms with E-state index in [2.05, 4.69) is 9.88 Å². The number of benzene rings is 1. The summed E-state index contributed by atoms with van der Waals surface area (Å²) in [5, 5.41) is 0. The van der Waals surface area contributed by atoms with Gasteiger partial charge >= 0.3 is 5.69 Å². The lowest BCUT2D eigenvalue weighted by molar-refractivity contribution is 0.142. The maximum absolute atomic E-state index is 12.3. The first kappa shape index (κ1) is 14.0. The van der Waals surface area contributed by atoms with Crippen molar-refractivity contribution in [2.24, 2.45) is 5.92 Å². The molecular weight excluding hydrogens is 278 g/mol. The van der Waals surface area contributed by atoms with Crippen molar-refractivity contribution in [3.8, 4) is 0 Å². The minimum atomic E-state index is 0.0313. The van der Waals surface area contributed by atoms with Gasteiger partial charge in [0, 0.05) is 32.3 Å². The molecule has 0 saturated carbocycles. The molecule has 1 atom stereocenters. The van der Waals surface area contributed by atoms with Crippen LogP contribution in [0.2, 0.25) is 0 Å². The lowest BCUT2D eigenvalue weighted by Gasteiger charge is -2.33. The summed E-state index contributed by atoms with van der Waals surface area (Å²) in [6, 6.07) is 8.30. The highest BCUT2D eigenvalue weighted by Crippen LogP contribution is 2.26. The summed E-state index contributed by atoms with van der Waals surface area (Å²) in [5.74, 6) is 0.701. The maximum Gasteiger partial charge on any atom is 0.326 e. The summed E-state index contributed by atoms with van der Waals surface area (Å²) in [6.45, 7) is 5.14. The topological polar surface area (TPSA) is 50.3 Å². The summed E-state index contributed by atoms with van der Waals surface area (Å²) in [5.41, 5.74) is 2.01. The molecule has 0 amide bonds. The molecule has 0 spiro atoms. The van der Waals surface area contributed by atoms with Gasteiger partial charge in [-0.2, -0.15) is 0 Å². The number of nitrogens with zero attached hydrogens (tertiary/aromatic N) is 2. The van der Waals surface area contributed by atoms with Gasteiger partial charge in [0.2, 0.25) is 0 Å². The van der Waals surface area contributed by atoms with E-state index >= 15 is 0 Å². The first-order valence-corrected chi connectivity index (χ1v) is 8.30. The highest BCUT2D eigenvalue weighted by Gasteiger charge is 2.26. The van der Waals surface area contributed by atoms with Gasteiger partial charge in [-0.3, -0.25) is 4.57 Å². The van der Waals surface area contributed by atoms with E-state index < -0.39 is 0 Å². The quantitative estimate of drug-likeness (QED) is 0.943. The van der Waals surface area contributed by atoms with Gasteiger partial charge in [-0.25, -0.2) is 4.79 Å². The van der Waals surface area contributed by atoms with Crippen molar-refractivity contribution in [1.82, 2.24) is 14.5 Å². The predicted molar refractivity (Wildman–Crippen MR) is 86.2 cm³/mol. The third-order valence-electron chi connectivity index (χ3n) is 5.09. The van der Waals surface area contributed by atoms with Gasteiger partial charge in [-0.05, 0) is 37.3 Å². The molecule has 3 heterocycles. The smallest absolute Gasteiger partial charge is 0.326 e. The predicted octanol–water partition coefficient (Wildman–Crippen LogP) is 2.00. The van der Waals surface area contributed by atoms with Crippen molar-refractivity contribution >= 4 is 11.0 Å². The summed E-state index contributed by atoms with van der Waals surface area (Å²) >= 11 is 0. The molecule has 2 fully saturated rings. The lowest BCUT2D eigenvalue weighted by atomic mass is 10.0. The van der Waals surface area contributed by atoms with Crippen LogP contribution in [-0.4, -0.2) is 47.3 Å². The molecule has 118 valence electrons. The molecule has 0 radical (unpaired) electrons. The van der Waals surface area contributed by atoms with Crippen LogP contribution < -0.4 is 5.69 Å². The number of hydrogen-bond acceptors (Lipinski definition) is 3. The molecule has 1 aromatic heterocycles. The Balaban J connectivity index is 1.46. The Morgan fingerprint density at radius 1 is 1.18 bits per heavy atom. The Kier molecular flexibility index (Phi) is 3.76. The van der Waals surface area contributed by atoms with Crippen LogP contribution in [0, 0.1) is 5.92 Å². The van der Waals surface area contributed by atoms with E-state index in [1.165, 1.54) is 6.42 Å². The Bertz CT molecular complexity index is 691. The van der Waals surface area contributed by atoms with Crippen molar-refractivity contribution in [1.29, 1.82) is 0 Å². The van der Waals surface area contributed by atoms with Gasteiger partial charge in [-0.15, -0.1) is 0 Å². The molecule has 5 nitrogen and oxygen atoms in total. The lowest BCUT2D eigenvalue weighted by Crippen LogP contribution is -2.39. The second-order valence-electron chi connectivity index (χ2n) is 6.58. The number of aromatic amines is 1. The van der Waals surface area contributed by atoms with Crippen LogP contribution in [0.1, 0.15) is 25.3 Å². The zero-order valence-corrected chi connectivity index (χ0v) is 12.8. The Labute approximate surface area is 129 Å². The number of H-pyrrole nitrogens is 1. The van der Waals surface area contributed by atoms with Crippen LogP contribution in [-0.2, 0) is 4.74 Å². The van der Waals surface area contributed by atoms with Gasteiger partial charge in [-0.1, -0.05) is 12.1 Å². The van der Waals surface area contributed by atoms with E-state index in [4.69, 9.17) is 4.74 Å². The van der Waals surface area contributed by atoms with Gasteiger partial charge in [0.25, 0.3) is 0 Å². The fourth-order valence-electron chi connectivity index (χ4n) is 3.89. The highest BCUT2D eigenvalue weighted by molar-refractivity contribution is 5.75. The number of piperidine rings is 1. The fourth-order valence-corrected chi connectivity index (χ4v) is 3.89. The zero-order valence-electron chi connectivity index (χ0n) is 12.8. The first-order valence-electron chi connectivity index (χ1n) is 8.30. The van der Waals surface area contributed by atoms with Gasteiger partial charge in [0.15, 0.2) is 0 Å². The molecule has 0 aliphatic carbocycles. The van der Waals surface area contributed by atoms with E-state index in [-0.39, 0.29) is 5.69 Å². The monoisotopic (exact) mass is 301 g/mol. The van der Waals surface area contributed by atoms with Gasteiger partial charge < -0.3 is 14.6 Å². The van der Waals surface area contributed by atoms with E-state index in [0.29, 0.717) is 12.0 Å². The number of nitrogens with one attached hydrogen (secondary N) is 1. The summed E-state index contributed by atoms with van der Waals surface area (Å²) in [4.78, 5) is 17.8. The molecule has 2 aliphatic heterocycles. The SMILES string of the molecule is O=c1[nH]c2ccccc2n1C1CCN(CC2CCOC2)CC1. The molecule has 4 rings (SSSR count). The maximum atomic E-state index is 12.3. The number of likely N-dealkylation sites (tertiary alicyclic amines) is 1. The summed E-state index contributed by atoms with van der Waals surface area (Å²) in [7, 11) is 0. The standard InChI is InChI=1S/C17H23N3O2/c21-17-18-15-3-1-2-4-16(15)20(17)14-5-8-19(9-6-14)11-13-7-10-22-12-13/h1-4,13-14H,5-12H2,(H,18,21). The van der Waals surface area contributed by atoms with E-state index in [1.807, 2.05) is 28.8 Å². The average Bonchev–Trinajstić information content (AvgIpc) is 3.15. The Morgan fingerprint density at radius 3 is 2.77 bits per heavy atom. The van der Waals surface area contributed by atoms with Crippen molar-refractivity contribution in [3.05, 3.63) is 34.7 Å². The van der Waals surface area contributed by atoms with Gasteiger partial charge in [0.05, 0.1) is 17.6 Å². The molecule has 22 heavy (non-hydrogen) atoms. The minimum Gasteiger partial charge on any atom is -0.381 e. The van der Waals surface area contributed by atoms with Crippen LogP contribution in [0.15, 0.2) is 29.1 Å². The summed E-state index contributed by atoms with van der Waals surface area (Å²) < 4.78 is 7.43. The van der Waals surface area contributed by atoms with Crippen molar-refractivity contribution in [2.45, 2.75) is 25.3 Å². The Morgan fingerprint density at radius 2 is 2.00 bits per heavy atom. The van der Waals surface area contributed by atoms with Crippen molar-refractivity contribution in [3.63, 3.8) is 0 Å². The van der Waals surface area contributed by atoms with E-state index in [1.54, 1.807) is 0 Å². The minimum absolute atomic E-state index is 0.0313. The molecule has 2 aromatic rings. The molecule has 1 unspecified atom stereocenters. The molecule has 2 aliphatic rings. The Hall–Kier alpha value is -1.59. The molecule has 0 bridgehead atoms. The van der Waals surface area contributed by atoms with Crippen LogP contribution in [0.4, 0.5) is 0 Å². The van der Waals surface area contributed by atoms with Gasteiger partial charge in [0.1, 0.15) is 0 Å².